The van der Waals surface area contributed by atoms with Crippen LogP contribution in [-0.4, -0.2) is 13.7 Å². The third-order valence-corrected chi connectivity index (χ3v) is 2.02. The molecule has 1 unspecified atom stereocenters. The Balaban J connectivity index is 3.07. The molecule has 7 heteroatoms. The van der Waals surface area contributed by atoms with Crippen molar-refractivity contribution in [1.82, 2.24) is 0 Å². The van der Waals surface area contributed by atoms with Crippen LogP contribution in [0.1, 0.15) is 5.56 Å². The second-order valence-electron chi connectivity index (χ2n) is 2.54. The van der Waals surface area contributed by atoms with E-state index in [9.17, 15) is 18.7 Å². The van der Waals surface area contributed by atoms with Crippen molar-refractivity contribution in [3.05, 3.63) is 39.7 Å². The van der Waals surface area contributed by atoms with E-state index in [-0.39, 0.29) is 11.3 Å². The Bertz CT molecular complexity index is 395. The minimum Gasteiger partial charge on any atom is -0.306 e. The van der Waals surface area contributed by atoms with Crippen molar-refractivity contribution < 1.29 is 18.1 Å². The summed E-state index contributed by atoms with van der Waals surface area (Å²) in [5.74, 6) is -1.11. The van der Waals surface area contributed by atoms with Gasteiger partial charge in [-0.3, -0.25) is 10.1 Å². The van der Waals surface area contributed by atoms with Gasteiger partial charge in [0, 0.05) is 6.07 Å². The van der Waals surface area contributed by atoms with Crippen molar-refractivity contribution in [2.75, 3.05) is 0 Å². The van der Waals surface area contributed by atoms with E-state index >= 15 is 0 Å². The van der Waals surface area contributed by atoms with Crippen LogP contribution in [0.4, 0.5) is 10.1 Å². The summed E-state index contributed by atoms with van der Waals surface area (Å²) < 4.78 is 31.6. The summed E-state index contributed by atoms with van der Waals surface area (Å²) in [6.07, 6.45) is 0. The molecular formula is C7H6FNO4S. The van der Waals surface area contributed by atoms with Crippen LogP contribution in [0.3, 0.4) is 0 Å². The number of hydrogen-bond donors (Lipinski definition) is 1. The van der Waals surface area contributed by atoms with Crippen LogP contribution < -0.4 is 0 Å². The summed E-state index contributed by atoms with van der Waals surface area (Å²) in [4.78, 5) is 9.53. The first-order valence-corrected chi connectivity index (χ1v) is 4.78. The van der Waals surface area contributed by atoms with E-state index in [1.165, 1.54) is 0 Å². The first kappa shape index (κ1) is 10.7. The molecule has 14 heavy (non-hydrogen) atoms. The van der Waals surface area contributed by atoms with Gasteiger partial charge in [0.25, 0.3) is 5.69 Å². The maximum atomic E-state index is 12.8. The summed E-state index contributed by atoms with van der Waals surface area (Å²) in [7, 11) is 0. The fraction of sp³-hybridized carbons (Fsp3) is 0.143. The van der Waals surface area contributed by atoms with E-state index < -0.39 is 27.5 Å². The minimum atomic E-state index is -2.14. The summed E-state index contributed by atoms with van der Waals surface area (Å²) in [6, 6.07) is 2.81. The lowest BCUT2D eigenvalue weighted by Crippen LogP contribution is -1.96. The number of nitro groups is 1. The zero-order chi connectivity index (χ0) is 10.7. The Morgan fingerprint density at radius 1 is 1.50 bits per heavy atom. The number of halogens is 1. The van der Waals surface area contributed by atoms with Gasteiger partial charge in [0.15, 0.2) is 11.1 Å². The van der Waals surface area contributed by atoms with Crippen molar-refractivity contribution in [3.8, 4) is 0 Å². The summed E-state index contributed by atoms with van der Waals surface area (Å²) >= 11 is -2.14. The van der Waals surface area contributed by atoms with Gasteiger partial charge in [0.05, 0.1) is 16.7 Å². The minimum absolute atomic E-state index is 0.123. The Hall–Kier alpha value is -1.34. The highest BCUT2D eigenvalue weighted by Crippen LogP contribution is 2.17. The van der Waals surface area contributed by atoms with Crippen molar-refractivity contribution in [2.24, 2.45) is 0 Å². The van der Waals surface area contributed by atoms with Gasteiger partial charge in [0.1, 0.15) is 5.82 Å². The summed E-state index contributed by atoms with van der Waals surface area (Å²) in [5, 5.41) is 10.3. The Kier molecular flexibility index (Phi) is 3.26. The van der Waals surface area contributed by atoms with Crippen LogP contribution in [0, 0.1) is 15.9 Å². The van der Waals surface area contributed by atoms with Gasteiger partial charge >= 0.3 is 0 Å². The molecule has 76 valence electrons. The topological polar surface area (TPSA) is 80.4 Å². The molecule has 1 aromatic carbocycles. The van der Waals surface area contributed by atoms with Crippen molar-refractivity contribution in [2.45, 2.75) is 5.75 Å². The van der Waals surface area contributed by atoms with Crippen molar-refractivity contribution in [3.63, 3.8) is 0 Å². The van der Waals surface area contributed by atoms with Crippen LogP contribution in [-0.2, 0) is 16.8 Å². The van der Waals surface area contributed by atoms with E-state index in [1.54, 1.807) is 0 Å². The van der Waals surface area contributed by atoms with Crippen molar-refractivity contribution >= 4 is 16.8 Å². The molecule has 1 aromatic rings. The number of hydrogen-bond acceptors (Lipinski definition) is 3. The average molecular weight is 219 g/mol. The first-order valence-electron chi connectivity index (χ1n) is 3.50. The number of rotatable bonds is 3. The zero-order valence-corrected chi connectivity index (χ0v) is 7.66. The molecule has 0 aliphatic carbocycles. The number of nitrogens with zero attached hydrogens (tertiary/aromatic N) is 1. The summed E-state index contributed by atoms with van der Waals surface area (Å²) in [6.45, 7) is 0. The second kappa shape index (κ2) is 4.25. The molecule has 0 saturated carbocycles. The molecule has 5 nitrogen and oxygen atoms in total. The normalized spacial score (nSPS) is 12.4. The van der Waals surface area contributed by atoms with Gasteiger partial charge < -0.3 is 4.55 Å². The lowest BCUT2D eigenvalue weighted by atomic mass is 10.2. The summed E-state index contributed by atoms with van der Waals surface area (Å²) in [5.41, 5.74) is -0.303. The molecule has 0 aliphatic heterocycles. The SMILES string of the molecule is O=[N+]([O-])c1cc(F)cc(CS(=O)O)c1. The average Bonchev–Trinajstić information content (AvgIpc) is 2.01. The Morgan fingerprint density at radius 3 is 2.64 bits per heavy atom. The fourth-order valence-corrected chi connectivity index (χ4v) is 1.42. The van der Waals surface area contributed by atoms with Crippen LogP contribution in [0.2, 0.25) is 0 Å². The predicted octanol–water partition coefficient (Wildman–Crippen LogP) is 1.46. The maximum absolute atomic E-state index is 12.8. The van der Waals surface area contributed by atoms with Gasteiger partial charge in [-0.25, -0.2) is 8.60 Å². The van der Waals surface area contributed by atoms with Crippen LogP contribution in [0.25, 0.3) is 0 Å². The molecule has 0 radical (unpaired) electrons. The molecule has 0 spiro atoms. The largest absolute Gasteiger partial charge is 0.306 e. The molecule has 0 amide bonds. The number of non-ortho nitro benzene ring substituents is 1. The first-order chi connectivity index (χ1) is 6.49. The number of nitro benzene ring substituents is 1. The molecular weight excluding hydrogens is 213 g/mol. The molecule has 0 aliphatic rings. The lowest BCUT2D eigenvalue weighted by Gasteiger charge is -1.98. The zero-order valence-electron chi connectivity index (χ0n) is 6.84. The van der Waals surface area contributed by atoms with Gasteiger partial charge in [0.2, 0.25) is 0 Å². The van der Waals surface area contributed by atoms with E-state index in [1.807, 2.05) is 0 Å². The molecule has 0 aromatic heterocycles. The standard InChI is InChI=1S/C7H6FNO4S/c8-6-1-5(4-14(12)13)2-7(3-6)9(10)11/h1-3H,4H2,(H,12,13). The molecule has 0 saturated heterocycles. The van der Waals surface area contributed by atoms with Gasteiger partial charge in [-0.15, -0.1) is 0 Å². The third kappa shape index (κ3) is 2.86. The molecule has 0 bridgehead atoms. The molecule has 0 fully saturated rings. The van der Waals surface area contributed by atoms with E-state index in [0.717, 1.165) is 18.2 Å². The highest BCUT2D eigenvalue weighted by atomic mass is 32.2. The Morgan fingerprint density at radius 2 is 2.14 bits per heavy atom. The predicted molar refractivity (Wildman–Crippen MR) is 47.5 cm³/mol. The second-order valence-corrected chi connectivity index (χ2v) is 3.47. The highest BCUT2D eigenvalue weighted by molar-refractivity contribution is 7.78. The monoisotopic (exact) mass is 219 g/mol. The number of benzene rings is 1. The van der Waals surface area contributed by atoms with Crippen LogP contribution >= 0.6 is 0 Å². The molecule has 1 atom stereocenters. The van der Waals surface area contributed by atoms with Gasteiger partial charge in [-0.1, -0.05) is 0 Å². The highest BCUT2D eigenvalue weighted by Gasteiger charge is 2.10. The maximum Gasteiger partial charge on any atom is 0.272 e. The molecule has 1 rings (SSSR count). The van der Waals surface area contributed by atoms with Crippen molar-refractivity contribution in [1.29, 1.82) is 0 Å². The van der Waals surface area contributed by atoms with Crippen LogP contribution in [0.15, 0.2) is 18.2 Å². The van der Waals surface area contributed by atoms with Crippen LogP contribution in [0.5, 0.6) is 0 Å². The van der Waals surface area contributed by atoms with E-state index in [0.29, 0.717) is 0 Å². The lowest BCUT2D eigenvalue weighted by molar-refractivity contribution is -0.385. The van der Waals surface area contributed by atoms with E-state index in [4.69, 9.17) is 4.55 Å². The van der Waals surface area contributed by atoms with E-state index in [2.05, 4.69) is 0 Å². The molecule has 0 heterocycles. The smallest absolute Gasteiger partial charge is 0.272 e. The third-order valence-electron chi connectivity index (χ3n) is 1.44. The quantitative estimate of drug-likeness (QED) is 0.474. The van der Waals surface area contributed by atoms with Gasteiger partial charge in [-0.2, -0.15) is 0 Å². The van der Waals surface area contributed by atoms with Gasteiger partial charge in [-0.05, 0) is 11.6 Å². The Labute approximate surface area is 81.0 Å². The molecule has 1 N–H and O–H groups in total. The fourth-order valence-electron chi connectivity index (χ4n) is 0.965.